The minimum Gasteiger partial charge on any atom is -0.360 e. The predicted octanol–water partition coefficient (Wildman–Crippen LogP) is 3.31. The number of aromatic nitrogens is 3. The van der Waals surface area contributed by atoms with Gasteiger partial charge in [0, 0.05) is 12.7 Å². The van der Waals surface area contributed by atoms with Gasteiger partial charge in [-0.3, -0.25) is 0 Å². The highest BCUT2D eigenvalue weighted by atomic mass is 35.5. The van der Waals surface area contributed by atoms with E-state index in [1.54, 1.807) is 29.3 Å². The third kappa shape index (κ3) is 3.83. The average Bonchev–Trinajstić information content (AvgIpc) is 2.77. The van der Waals surface area contributed by atoms with Gasteiger partial charge in [0.2, 0.25) is 5.13 Å². The van der Waals surface area contributed by atoms with E-state index >= 15 is 0 Å². The highest BCUT2D eigenvalue weighted by Gasteiger charge is 2.04. The van der Waals surface area contributed by atoms with Crippen molar-refractivity contribution in [1.29, 1.82) is 0 Å². The molecule has 17 heavy (non-hydrogen) atoms. The van der Waals surface area contributed by atoms with Crippen LogP contribution < -0.4 is 5.32 Å². The lowest BCUT2D eigenvalue weighted by Crippen LogP contribution is -1.94. The molecule has 90 valence electrons. The van der Waals surface area contributed by atoms with Crippen molar-refractivity contribution in [3.63, 3.8) is 0 Å². The van der Waals surface area contributed by atoms with Crippen LogP contribution in [0.2, 0.25) is 5.02 Å². The fraction of sp³-hybridized carbons (Fsp3) is 0.300. The van der Waals surface area contributed by atoms with Crippen molar-refractivity contribution in [3.8, 4) is 0 Å². The molecule has 0 atom stereocenters. The van der Waals surface area contributed by atoms with Gasteiger partial charge in [0.15, 0.2) is 0 Å². The minimum absolute atomic E-state index is 0.652. The maximum Gasteiger partial charge on any atom is 0.205 e. The summed E-state index contributed by atoms with van der Waals surface area (Å²) in [6.07, 6.45) is 1.65. The number of anilines is 1. The maximum absolute atomic E-state index is 5.77. The number of halogens is 1. The van der Waals surface area contributed by atoms with E-state index in [0.717, 1.165) is 27.5 Å². The quantitative estimate of drug-likeness (QED) is 0.855. The summed E-state index contributed by atoms with van der Waals surface area (Å²) in [5.41, 5.74) is 0. The van der Waals surface area contributed by atoms with E-state index in [4.69, 9.17) is 11.6 Å². The molecule has 0 bridgehead atoms. The van der Waals surface area contributed by atoms with Crippen molar-refractivity contribution < 1.29 is 0 Å². The Kier molecular flexibility index (Phi) is 4.58. The van der Waals surface area contributed by atoms with E-state index < -0.39 is 0 Å². The lowest BCUT2D eigenvalue weighted by atomic mass is 10.5. The first-order chi connectivity index (χ1) is 8.28. The number of nitrogens with zero attached hydrogens (tertiary/aromatic N) is 3. The van der Waals surface area contributed by atoms with Crippen molar-refractivity contribution in [3.05, 3.63) is 28.4 Å². The molecule has 0 unspecified atom stereocenters. The van der Waals surface area contributed by atoms with Crippen molar-refractivity contribution in [2.45, 2.75) is 17.7 Å². The minimum atomic E-state index is 0.652. The lowest BCUT2D eigenvalue weighted by Gasteiger charge is -1.97. The van der Waals surface area contributed by atoms with Gasteiger partial charge < -0.3 is 5.32 Å². The highest BCUT2D eigenvalue weighted by molar-refractivity contribution is 7.98. The van der Waals surface area contributed by atoms with Gasteiger partial charge in [-0.05, 0) is 19.1 Å². The molecule has 4 nitrogen and oxygen atoms in total. The first-order valence-corrected chi connectivity index (χ1v) is 7.26. The van der Waals surface area contributed by atoms with Crippen LogP contribution in [0.5, 0.6) is 0 Å². The molecule has 0 spiro atoms. The number of nitrogens with one attached hydrogen (secondary N) is 1. The van der Waals surface area contributed by atoms with Crippen LogP contribution in [0.1, 0.15) is 11.9 Å². The van der Waals surface area contributed by atoms with Crippen LogP contribution in [0.3, 0.4) is 0 Å². The van der Waals surface area contributed by atoms with Crippen LogP contribution in [-0.2, 0) is 5.75 Å². The largest absolute Gasteiger partial charge is 0.360 e. The van der Waals surface area contributed by atoms with Gasteiger partial charge in [0.25, 0.3) is 0 Å². The van der Waals surface area contributed by atoms with E-state index in [1.807, 2.05) is 19.1 Å². The maximum atomic E-state index is 5.77. The Bertz CT molecular complexity index is 471. The molecule has 0 aliphatic carbocycles. The molecule has 2 rings (SSSR count). The molecule has 0 fully saturated rings. The first kappa shape index (κ1) is 12.6. The SMILES string of the molecule is CCNc1nnc(CSc2ccc(Cl)cn2)s1. The molecule has 0 saturated heterocycles. The number of pyridine rings is 1. The van der Waals surface area contributed by atoms with Crippen LogP contribution >= 0.6 is 34.7 Å². The van der Waals surface area contributed by atoms with Gasteiger partial charge in [-0.15, -0.1) is 10.2 Å². The predicted molar refractivity (Wildman–Crippen MR) is 72.9 cm³/mol. The third-order valence-corrected chi connectivity index (χ3v) is 4.08. The zero-order chi connectivity index (χ0) is 12.1. The molecule has 0 aliphatic rings. The van der Waals surface area contributed by atoms with E-state index in [1.165, 1.54) is 0 Å². The zero-order valence-corrected chi connectivity index (χ0v) is 11.6. The standard InChI is InChI=1S/C10H11ClN4S2/c1-2-12-10-15-14-9(17-10)6-16-8-4-3-7(11)5-13-8/h3-5H,2,6H2,1H3,(H,12,15). The second-order valence-corrected chi connectivity index (χ2v) is 5.63. The van der Waals surface area contributed by atoms with Crippen LogP contribution in [0.4, 0.5) is 5.13 Å². The second-order valence-electron chi connectivity index (χ2n) is 3.13. The number of rotatable bonds is 5. The summed E-state index contributed by atoms with van der Waals surface area (Å²) >= 11 is 8.96. The average molecular weight is 287 g/mol. The molecule has 0 radical (unpaired) electrons. The summed E-state index contributed by atoms with van der Waals surface area (Å²) in [6, 6.07) is 3.74. The van der Waals surface area contributed by atoms with Crippen LogP contribution in [0.25, 0.3) is 0 Å². The normalized spacial score (nSPS) is 10.5. The number of hydrogen-bond acceptors (Lipinski definition) is 6. The summed E-state index contributed by atoms with van der Waals surface area (Å²) in [4.78, 5) is 4.21. The summed E-state index contributed by atoms with van der Waals surface area (Å²) < 4.78 is 0. The Morgan fingerprint density at radius 2 is 2.29 bits per heavy atom. The molecule has 0 saturated carbocycles. The smallest absolute Gasteiger partial charge is 0.205 e. The second kappa shape index (κ2) is 6.18. The van der Waals surface area contributed by atoms with Gasteiger partial charge in [-0.2, -0.15) is 0 Å². The van der Waals surface area contributed by atoms with E-state index in [9.17, 15) is 0 Å². The summed E-state index contributed by atoms with van der Waals surface area (Å²) in [5.74, 6) is 0.775. The van der Waals surface area contributed by atoms with Crippen molar-refractivity contribution in [2.24, 2.45) is 0 Å². The molecule has 2 aromatic rings. The molecule has 0 aromatic carbocycles. The molecule has 0 amide bonds. The molecule has 1 N–H and O–H groups in total. The Morgan fingerprint density at radius 1 is 1.41 bits per heavy atom. The van der Waals surface area contributed by atoms with Crippen LogP contribution in [0, 0.1) is 0 Å². The third-order valence-electron chi connectivity index (χ3n) is 1.84. The van der Waals surface area contributed by atoms with Crippen molar-refractivity contribution in [2.75, 3.05) is 11.9 Å². The summed E-state index contributed by atoms with van der Waals surface area (Å²) in [5, 5.41) is 14.7. The van der Waals surface area contributed by atoms with Crippen LogP contribution in [-0.4, -0.2) is 21.7 Å². The summed E-state index contributed by atoms with van der Waals surface area (Å²) in [7, 11) is 0. The Labute approximate surface area is 113 Å². The number of thioether (sulfide) groups is 1. The zero-order valence-electron chi connectivity index (χ0n) is 9.18. The van der Waals surface area contributed by atoms with Crippen molar-refractivity contribution in [1.82, 2.24) is 15.2 Å². The van der Waals surface area contributed by atoms with E-state index in [2.05, 4.69) is 20.5 Å². The van der Waals surface area contributed by atoms with Crippen molar-refractivity contribution >= 4 is 39.8 Å². The molecular formula is C10H11ClN4S2. The Morgan fingerprint density at radius 3 is 3.00 bits per heavy atom. The fourth-order valence-electron chi connectivity index (χ4n) is 1.12. The lowest BCUT2D eigenvalue weighted by molar-refractivity contribution is 1.02. The van der Waals surface area contributed by atoms with Gasteiger partial charge in [0.1, 0.15) is 5.01 Å². The Balaban J connectivity index is 1.90. The number of hydrogen-bond donors (Lipinski definition) is 1. The van der Waals surface area contributed by atoms with E-state index in [0.29, 0.717) is 5.02 Å². The molecular weight excluding hydrogens is 276 g/mol. The summed E-state index contributed by atoms with van der Waals surface area (Å²) in [6.45, 7) is 2.90. The highest BCUT2D eigenvalue weighted by Crippen LogP contribution is 2.24. The van der Waals surface area contributed by atoms with Gasteiger partial charge in [-0.25, -0.2) is 4.98 Å². The van der Waals surface area contributed by atoms with Gasteiger partial charge in [-0.1, -0.05) is 34.7 Å². The first-order valence-electron chi connectivity index (χ1n) is 5.08. The van der Waals surface area contributed by atoms with E-state index in [-0.39, 0.29) is 0 Å². The van der Waals surface area contributed by atoms with Gasteiger partial charge >= 0.3 is 0 Å². The Hall–Kier alpha value is -0.850. The fourth-order valence-corrected chi connectivity index (χ4v) is 2.87. The monoisotopic (exact) mass is 286 g/mol. The molecule has 2 aromatic heterocycles. The molecule has 7 heteroatoms. The molecule has 2 heterocycles. The van der Waals surface area contributed by atoms with Gasteiger partial charge in [0.05, 0.1) is 15.8 Å². The molecule has 0 aliphatic heterocycles. The topological polar surface area (TPSA) is 50.7 Å². The van der Waals surface area contributed by atoms with Crippen LogP contribution in [0.15, 0.2) is 23.4 Å².